The molecule has 0 spiro atoms. The van der Waals surface area contributed by atoms with Gasteiger partial charge >= 0.3 is 0 Å². The Hall–Kier alpha value is -4.72. The first kappa shape index (κ1) is 21.1. The van der Waals surface area contributed by atoms with E-state index in [4.69, 9.17) is 10.5 Å². The summed E-state index contributed by atoms with van der Waals surface area (Å²) in [6, 6.07) is 26.6. The number of benzene rings is 3. The number of nitrogens with two attached hydrogens (primary N) is 1. The average Bonchev–Trinajstić information content (AvgIpc) is 3.31. The highest BCUT2D eigenvalue weighted by molar-refractivity contribution is 5.73. The summed E-state index contributed by atoms with van der Waals surface area (Å²) in [5.41, 5.74) is 10.4. The van der Waals surface area contributed by atoms with Crippen LogP contribution in [0.4, 0.5) is 5.95 Å². The zero-order chi connectivity index (χ0) is 23.3. The maximum atomic E-state index is 10.6. The normalized spacial score (nSPS) is 10.8. The zero-order valence-electron chi connectivity index (χ0n) is 18.2. The number of hydrogen-bond acceptors (Lipinski definition) is 7. The third kappa shape index (κ3) is 4.86. The van der Waals surface area contributed by atoms with Crippen molar-refractivity contribution in [2.24, 2.45) is 0 Å². The highest BCUT2D eigenvalue weighted by atomic mass is 16.5. The van der Waals surface area contributed by atoms with Crippen LogP contribution in [0.25, 0.3) is 22.5 Å². The van der Waals surface area contributed by atoms with Crippen molar-refractivity contribution in [3.05, 3.63) is 102 Å². The van der Waals surface area contributed by atoms with Gasteiger partial charge in [0.25, 0.3) is 0 Å². The number of aromatic nitrogens is 5. The SMILES string of the molecule is Nc1nc(-c2ccccc2)cc(-c2ccc(OCc3cn(Cc4ccccc4)nn3)cc2O)n1. The highest BCUT2D eigenvalue weighted by Crippen LogP contribution is 2.33. The van der Waals surface area contributed by atoms with Crippen molar-refractivity contribution in [3.63, 3.8) is 0 Å². The maximum absolute atomic E-state index is 10.6. The van der Waals surface area contributed by atoms with Crippen LogP contribution in [-0.2, 0) is 13.2 Å². The number of nitrogens with zero attached hydrogens (tertiary/aromatic N) is 5. The monoisotopic (exact) mass is 450 g/mol. The van der Waals surface area contributed by atoms with Gasteiger partial charge in [-0.15, -0.1) is 5.10 Å². The lowest BCUT2D eigenvalue weighted by Gasteiger charge is -2.10. The van der Waals surface area contributed by atoms with Crippen molar-refractivity contribution in [2.75, 3.05) is 5.73 Å². The number of rotatable bonds is 7. The number of hydrogen-bond donors (Lipinski definition) is 2. The number of phenols is 1. The Balaban J connectivity index is 1.29. The molecule has 0 radical (unpaired) electrons. The van der Waals surface area contributed by atoms with Crippen LogP contribution in [0, 0.1) is 0 Å². The molecule has 2 heterocycles. The minimum absolute atomic E-state index is 0.0299. The van der Waals surface area contributed by atoms with Gasteiger partial charge < -0.3 is 15.6 Å². The number of nitrogen functional groups attached to an aromatic ring is 1. The minimum Gasteiger partial charge on any atom is -0.507 e. The summed E-state index contributed by atoms with van der Waals surface area (Å²) in [5, 5.41) is 19.0. The lowest BCUT2D eigenvalue weighted by Crippen LogP contribution is -2.00. The molecule has 0 bridgehead atoms. The molecule has 0 fully saturated rings. The Kier molecular flexibility index (Phi) is 5.85. The maximum Gasteiger partial charge on any atom is 0.221 e. The molecule has 8 nitrogen and oxygen atoms in total. The minimum atomic E-state index is 0.0299. The molecule has 0 aliphatic carbocycles. The number of aromatic hydroxyl groups is 1. The quantitative estimate of drug-likeness (QED) is 0.380. The molecule has 5 aromatic rings. The third-order valence-corrected chi connectivity index (χ3v) is 5.22. The first-order valence-electron chi connectivity index (χ1n) is 10.7. The molecule has 34 heavy (non-hydrogen) atoms. The lowest BCUT2D eigenvalue weighted by atomic mass is 10.1. The first-order valence-corrected chi connectivity index (χ1v) is 10.7. The van der Waals surface area contributed by atoms with E-state index in [1.807, 2.05) is 66.9 Å². The van der Waals surface area contributed by atoms with Gasteiger partial charge in [0, 0.05) is 17.2 Å². The van der Waals surface area contributed by atoms with E-state index >= 15 is 0 Å². The zero-order valence-corrected chi connectivity index (χ0v) is 18.2. The Morgan fingerprint density at radius 1 is 0.853 bits per heavy atom. The molecular weight excluding hydrogens is 428 g/mol. The van der Waals surface area contributed by atoms with E-state index in [1.165, 1.54) is 0 Å². The summed E-state index contributed by atoms with van der Waals surface area (Å²) >= 11 is 0. The molecule has 0 aliphatic rings. The van der Waals surface area contributed by atoms with Gasteiger partial charge in [0.05, 0.1) is 24.1 Å². The van der Waals surface area contributed by atoms with E-state index in [0.29, 0.717) is 34.9 Å². The molecule has 3 N–H and O–H groups in total. The third-order valence-electron chi connectivity index (χ3n) is 5.22. The molecule has 0 saturated carbocycles. The molecule has 0 unspecified atom stereocenters. The van der Waals surface area contributed by atoms with Gasteiger partial charge in [-0.25, -0.2) is 14.6 Å². The molecule has 0 saturated heterocycles. The van der Waals surface area contributed by atoms with Crippen molar-refractivity contribution < 1.29 is 9.84 Å². The fourth-order valence-electron chi connectivity index (χ4n) is 3.59. The van der Waals surface area contributed by atoms with E-state index in [1.54, 1.807) is 28.9 Å². The molecule has 0 amide bonds. The second-order valence-electron chi connectivity index (χ2n) is 7.72. The summed E-state index contributed by atoms with van der Waals surface area (Å²) in [6.07, 6.45) is 1.84. The second kappa shape index (κ2) is 9.41. The van der Waals surface area contributed by atoms with E-state index in [9.17, 15) is 5.11 Å². The smallest absolute Gasteiger partial charge is 0.221 e. The van der Waals surface area contributed by atoms with Crippen LogP contribution in [0.5, 0.6) is 11.5 Å². The summed E-state index contributed by atoms with van der Waals surface area (Å²) in [4.78, 5) is 8.61. The largest absolute Gasteiger partial charge is 0.507 e. The van der Waals surface area contributed by atoms with Gasteiger partial charge in [0.1, 0.15) is 23.8 Å². The van der Waals surface area contributed by atoms with Gasteiger partial charge in [-0.05, 0) is 23.8 Å². The Bertz CT molecular complexity index is 1400. The molecule has 2 aromatic heterocycles. The van der Waals surface area contributed by atoms with E-state index in [0.717, 1.165) is 11.1 Å². The van der Waals surface area contributed by atoms with Crippen molar-refractivity contribution in [3.8, 4) is 34.0 Å². The summed E-state index contributed by atoms with van der Waals surface area (Å²) < 4.78 is 7.57. The van der Waals surface area contributed by atoms with Gasteiger partial charge in [-0.1, -0.05) is 65.9 Å². The van der Waals surface area contributed by atoms with Gasteiger partial charge in [-0.3, -0.25) is 0 Å². The number of phenolic OH excluding ortho intramolecular Hbond substituents is 1. The van der Waals surface area contributed by atoms with Crippen LogP contribution < -0.4 is 10.5 Å². The predicted octanol–water partition coefficient (Wildman–Crippen LogP) is 4.32. The van der Waals surface area contributed by atoms with Crippen LogP contribution >= 0.6 is 0 Å². The van der Waals surface area contributed by atoms with E-state index in [2.05, 4.69) is 20.3 Å². The fourth-order valence-corrected chi connectivity index (χ4v) is 3.59. The topological polar surface area (TPSA) is 112 Å². The standard InChI is InChI=1S/C26H22N6O2/c27-26-28-23(19-9-5-2-6-10-19)14-24(29-26)22-12-11-21(13-25(22)33)34-17-20-16-32(31-30-20)15-18-7-3-1-4-8-18/h1-14,16,33H,15,17H2,(H2,27,28,29). The number of anilines is 1. The van der Waals surface area contributed by atoms with E-state index in [-0.39, 0.29) is 18.3 Å². The fraction of sp³-hybridized carbons (Fsp3) is 0.0769. The summed E-state index contributed by atoms with van der Waals surface area (Å²) in [6.45, 7) is 0.864. The summed E-state index contributed by atoms with van der Waals surface area (Å²) in [7, 11) is 0. The molecule has 3 aromatic carbocycles. The van der Waals surface area contributed by atoms with Crippen LogP contribution in [0.3, 0.4) is 0 Å². The van der Waals surface area contributed by atoms with Crippen molar-refractivity contribution >= 4 is 5.95 Å². The van der Waals surface area contributed by atoms with Crippen LogP contribution in [0.2, 0.25) is 0 Å². The Labute approximate surface area is 196 Å². The van der Waals surface area contributed by atoms with Gasteiger partial charge in [0.2, 0.25) is 5.95 Å². The van der Waals surface area contributed by atoms with Crippen LogP contribution in [0.15, 0.2) is 91.1 Å². The van der Waals surface area contributed by atoms with Gasteiger partial charge in [-0.2, -0.15) is 0 Å². The van der Waals surface area contributed by atoms with Crippen molar-refractivity contribution in [1.82, 2.24) is 25.0 Å². The lowest BCUT2D eigenvalue weighted by molar-refractivity contribution is 0.299. The molecule has 8 heteroatoms. The van der Waals surface area contributed by atoms with Gasteiger partial charge in [0.15, 0.2) is 0 Å². The molecule has 0 atom stereocenters. The predicted molar refractivity (Wildman–Crippen MR) is 129 cm³/mol. The Morgan fingerprint density at radius 2 is 1.59 bits per heavy atom. The molecular formula is C26H22N6O2. The van der Waals surface area contributed by atoms with Crippen LogP contribution in [-0.4, -0.2) is 30.1 Å². The number of ether oxygens (including phenoxy) is 1. The van der Waals surface area contributed by atoms with Crippen LogP contribution in [0.1, 0.15) is 11.3 Å². The second-order valence-corrected chi connectivity index (χ2v) is 7.72. The first-order chi connectivity index (χ1) is 16.6. The van der Waals surface area contributed by atoms with E-state index < -0.39 is 0 Å². The van der Waals surface area contributed by atoms with Crippen molar-refractivity contribution in [2.45, 2.75) is 13.2 Å². The van der Waals surface area contributed by atoms with Crippen molar-refractivity contribution in [1.29, 1.82) is 0 Å². The molecule has 168 valence electrons. The Morgan fingerprint density at radius 3 is 2.35 bits per heavy atom. The highest BCUT2D eigenvalue weighted by Gasteiger charge is 2.12. The molecule has 0 aliphatic heterocycles. The molecule has 5 rings (SSSR count). The average molecular weight is 451 g/mol. The summed E-state index contributed by atoms with van der Waals surface area (Å²) in [5.74, 6) is 0.668.